The van der Waals surface area contributed by atoms with Crippen LogP contribution in [-0.4, -0.2) is 39.0 Å². The van der Waals surface area contributed by atoms with E-state index in [0.29, 0.717) is 18.7 Å². The van der Waals surface area contributed by atoms with E-state index in [9.17, 15) is 13.2 Å². The molecule has 1 heterocycles. The molecule has 27 heavy (non-hydrogen) atoms. The molecule has 6 heteroatoms. The second kappa shape index (κ2) is 9.89. The molecule has 0 N–H and O–H groups in total. The molecule has 0 saturated carbocycles. The van der Waals surface area contributed by atoms with Gasteiger partial charge in [-0.15, -0.1) is 12.3 Å². The van der Waals surface area contributed by atoms with E-state index in [0.717, 1.165) is 25.3 Å². The maximum Gasteiger partial charge on any atom is 0.416 e. The Hall–Kier alpha value is -1.11. The number of morpholine rings is 1. The van der Waals surface area contributed by atoms with Crippen LogP contribution in [0.1, 0.15) is 50.3 Å². The van der Waals surface area contributed by atoms with E-state index >= 15 is 0 Å². The van der Waals surface area contributed by atoms with Crippen LogP contribution >= 0.6 is 0 Å². The van der Waals surface area contributed by atoms with Crippen LogP contribution in [0.15, 0.2) is 36.5 Å². The zero-order chi connectivity index (χ0) is 20.0. The van der Waals surface area contributed by atoms with Gasteiger partial charge in [0.2, 0.25) is 0 Å². The van der Waals surface area contributed by atoms with E-state index in [4.69, 9.17) is 4.74 Å². The fourth-order valence-corrected chi connectivity index (χ4v) is 4.91. The van der Waals surface area contributed by atoms with E-state index < -0.39 is 20.5 Å². The summed E-state index contributed by atoms with van der Waals surface area (Å²) in [5.74, 6) is 0. The van der Waals surface area contributed by atoms with Crippen molar-refractivity contribution in [3.05, 3.63) is 47.7 Å². The van der Waals surface area contributed by atoms with Gasteiger partial charge in [-0.05, 0) is 31.9 Å². The molecule has 3 unspecified atom stereocenters. The average molecular weight is 399 g/mol. The van der Waals surface area contributed by atoms with E-state index in [1.54, 1.807) is 12.1 Å². The Morgan fingerprint density at radius 3 is 2.44 bits per heavy atom. The van der Waals surface area contributed by atoms with Gasteiger partial charge < -0.3 is 4.74 Å². The summed E-state index contributed by atoms with van der Waals surface area (Å²) in [6, 6.07) is 6.95. The van der Waals surface area contributed by atoms with Gasteiger partial charge in [-0.2, -0.15) is 13.2 Å². The largest absolute Gasteiger partial charge is 0.416 e. The van der Waals surface area contributed by atoms with E-state index in [-0.39, 0.29) is 18.2 Å². The average Bonchev–Trinajstić information content (AvgIpc) is 2.60. The molecule has 1 aliphatic rings. The highest BCUT2D eigenvalue weighted by atomic mass is 28.3. The number of alkyl halides is 3. The van der Waals surface area contributed by atoms with Gasteiger partial charge in [0.15, 0.2) is 0 Å². The third-order valence-corrected chi connectivity index (χ3v) is 7.00. The first-order valence-electron chi connectivity index (χ1n) is 9.72. The fraction of sp³-hybridized carbons (Fsp3) is 0.619. The van der Waals surface area contributed by atoms with Crippen molar-refractivity contribution < 1.29 is 17.9 Å². The zero-order valence-electron chi connectivity index (χ0n) is 16.6. The molecule has 2 nitrogen and oxygen atoms in total. The predicted octanol–water partition coefficient (Wildman–Crippen LogP) is 5.88. The van der Waals surface area contributed by atoms with Crippen LogP contribution in [0.2, 0.25) is 12.6 Å². The zero-order valence-corrected chi connectivity index (χ0v) is 17.6. The molecule has 1 saturated heterocycles. The van der Waals surface area contributed by atoms with Crippen LogP contribution in [0.25, 0.3) is 0 Å². The molecule has 151 valence electrons. The molecule has 1 aliphatic heterocycles. The van der Waals surface area contributed by atoms with Gasteiger partial charge in [0.05, 0.1) is 26.6 Å². The third-order valence-electron chi connectivity index (χ3n) is 5.16. The molecule has 2 rings (SSSR count). The number of nitrogens with zero attached hydrogens (tertiary/aromatic N) is 1. The number of hydrogen-bond acceptors (Lipinski definition) is 2. The monoisotopic (exact) mass is 398 g/mol. The molecule has 0 aromatic heterocycles. The minimum atomic E-state index is -4.33. The lowest BCUT2D eigenvalue weighted by atomic mass is 9.93. The SMILES string of the molecule is C=C[Si](C)CCCCC(c1ccccc1C(F)(F)F)N1CC(C)OC(C)C1. The number of hydrogen-bond donors (Lipinski definition) is 0. The first-order valence-corrected chi connectivity index (χ1v) is 12.0. The predicted molar refractivity (Wildman–Crippen MR) is 106 cm³/mol. The van der Waals surface area contributed by atoms with Crippen LogP contribution in [0.3, 0.4) is 0 Å². The summed E-state index contributed by atoms with van der Waals surface area (Å²) < 4.78 is 46.7. The molecule has 1 aromatic carbocycles. The van der Waals surface area contributed by atoms with Gasteiger partial charge >= 0.3 is 6.18 Å². The second-order valence-corrected chi connectivity index (χ2v) is 10.2. The molecule has 0 aliphatic carbocycles. The number of rotatable bonds is 8. The Morgan fingerprint density at radius 2 is 1.85 bits per heavy atom. The Bertz CT molecular complexity index is 597. The summed E-state index contributed by atoms with van der Waals surface area (Å²) in [5.41, 5.74) is 1.93. The second-order valence-electron chi connectivity index (χ2n) is 7.61. The summed E-state index contributed by atoms with van der Waals surface area (Å²) in [6.07, 6.45) is -1.58. The summed E-state index contributed by atoms with van der Waals surface area (Å²) in [6.45, 7) is 11.4. The van der Waals surface area contributed by atoms with Crippen LogP contribution in [0.5, 0.6) is 0 Å². The quantitative estimate of drug-likeness (QED) is 0.401. The highest BCUT2D eigenvalue weighted by Crippen LogP contribution is 2.39. The Kier molecular flexibility index (Phi) is 8.13. The summed E-state index contributed by atoms with van der Waals surface area (Å²) in [7, 11) is -0.513. The first kappa shape index (κ1) is 22.2. The van der Waals surface area contributed by atoms with Crippen LogP contribution < -0.4 is 0 Å². The van der Waals surface area contributed by atoms with Gasteiger partial charge in [0.25, 0.3) is 0 Å². The lowest BCUT2D eigenvalue weighted by Gasteiger charge is -2.41. The van der Waals surface area contributed by atoms with Crippen molar-refractivity contribution in [2.75, 3.05) is 13.1 Å². The van der Waals surface area contributed by atoms with E-state index in [2.05, 4.69) is 18.0 Å². The number of benzene rings is 1. The van der Waals surface area contributed by atoms with Crippen molar-refractivity contribution in [2.45, 2.75) is 70.1 Å². The fourth-order valence-electron chi connectivity index (χ4n) is 3.90. The maximum absolute atomic E-state index is 13.6. The molecule has 0 amide bonds. The summed E-state index contributed by atoms with van der Waals surface area (Å²) in [4.78, 5) is 2.19. The van der Waals surface area contributed by atoms with E-state index in [1.807, 2.05) is 19.5 Å². The Labute approximate surface area is 163 Å². The Balaban J connectivity index is 2.23. The number of ether oxygens (including phenoxy) is 1. The number of halogens is 3. The highest BCUT2D eigenvalue weighted by molar-refractivity contribution is 6.62. The lowest BCUT2D eigenvalue weighted by molar-refractivity contribution is -0.139. The summed E-state index contributed by atoms with van der Waals surface area (Å²) >= 11 is 0. The molecular weight excluding hydrogens is 367 g/mol. The number of unbranched alkanes of at least 4 members (excludes halogenated alkanes) is 1. The molecule has 0 bridgehead atoms. The standard InChI is InChI=1S/C21H31F3NOSi/c1-5-27(4)13-9-8-12-20(25-14-16(2)26-17(3)15-25)18-10-6-7-11-19(18)21(22,23)24/h5-7,10-11,16-17,20H,1,8-9,12-15H2,2-4H3. The molecule has 1 radical (unpaired) electrons. The highest BCUT2D eigenvalue weighted by Gasteiger charge is 2.37. The lowest BCUT2D eigenvalue weighted by Crippen LogP contribution is -2.47. The topological polar surface area (TPSA) is 12.5 Å². The van der Waals surface area contributed by atoms with Gasteiger partial charge in [0, 0.05) is 19.1 Å². The Morgan fingerprint density at radius 1 is 1.22 bits per heavy atom. The normalized spacial score (nSPS) is 22.8. The first-order chi connectivity index (χ1) is 12.7. The maximum atomic E-state index is 13.6. The van der Waals surface area contributed by atoms with Crippen molar-refractivity contribution in [3.63, 3.8) is 0 Å². The molecule has 0 spiro atoms. The van der Waals surface area contributed by atoms with Crippen molar-refractivity contribution in [3.8, 4) is 0 Å². The van der Waals surface area contributed by atoms with Gasteiger partial charge in [-0.25, -0.2) is 0 Å². The molecule has 1 fully saturated rings. The smallest absolute Gasteiger partial charge is 0.373 e. The minimum Gasteiger partial charge on any atom is -0.373 e. The van der Waals surface area contributed by atoms with E-state index in [1.165, 1.54) is 12.1 Å². The van der Waals surface area contributed by atoms with Crippen molar-refractivity contribution in [1.29, 1.82) is 0 Å². The van der Waals surface area contributed by atoms with Crippen LogP contribution in [0.4, 0.5) is 13.2 Å². The molecular formula is C21H31F3NOSi. The molecule has 3 atom stereocenters. The molecule has 1 aromatic rings. The third kappa shape index (κ3) is 6.47. The van der Waals surface area contributed by atoms with Gasteiger partial charge in [-0.1, -0.05) is 43.6 Å². The van der Waals surface area contributed by atoms with Crippen molar-refractivity contribution in [2.24, 2.45) is 0 Å². The van der Waals surface area contributed by atoms with Crippen LogP contribution in [0, 0.1) is 0 Å². The summed E-state index contributed by atoms with van der Waals surface area (Å²) in [5, 5.41) is 0. The van der Waals surface area contributed by atoms with Crippen molar-refractivity contribution >= 4 is 8.80 Å². The van der Waals surface area contributed by atoms with Crippen LogP contribution in [-0.2, 0) is 10.9 Å². The minimum absolute atomic E-state index is 0.0283. The van der Waals surface area contributed by atoms with Crippen molar-refractivity contribution in [1.82, 2.24) is 4.90 Å². The van der Waals surface area contributed by atoms with Gasteiger partial charge in [-0.3, -0.25) is 4.90 Å². The van der Waals surface area contributed by atoms with Gasteiger partial charge in [0.1, 0.15) is 0 Å².